The van der Waals surface area contributed by atoms with Gasteiger partial charge in [-0.15, -0.1) is 0 Å². The van der Waals surface area contributed by atoms with Gasteiger partial charge in [0.2, 0.25) is 5.91 Å². The highest BCUT2D eigenvalue weighted by Gasteiger charge is 2.30. The van der Waals surface area contributed by atoms with Gasteiger partial charge in [0.25, 0.3) is 0 Å². The number of hydrogen-bond donors (Lipinski definition) is 1. The first-order valence-corrected chi connectivity index (χ1v) is 8.70. The second-order valence-corrected chi connectivity index (χ2v) is 6.51. The van der Waals surface area contributed by atoms with Crippen LogP contribution in [0.1, 0.15) is 44.6 Å². The third-order valence-corrected chi connectivity index (χ3v) is 5.09. The molecule has 0 aliphatic heterocycles. The first-order valence-electron chi connectivity index (χ1n) is 7.91. The van der Waals surface area contributed by atoms with Crippen LogP contribution >= 0.6 is 15.9 Å². The minimum atomic E-state index is 0.258. The lowest BCUT2D eigenvalue weighted by atomic mass is 9.76. The summed E-state index contributed by atoms with van der Waals surface area (Å²) in [5.74, 6) is 0.908. The SMILES string of the molecule is CCN(CC)C(=O)CCNC1CC(c2ccccc2Br)C1. The third kappa shape index (κ3) is 4.30. The molecule has 116 valence electrons. The van der Waals surface area contributed by atoms with Gasteiger partial charge in [-0.1, -0.05) is 34.1 Å². The standard InChI is InChI=1S/C17H25BrN2O/c1-3-20(4-2)17(21)9-10-19-14-11-13(12-14)15-7-5-6-8-16(15)18/h5-8,13-14,19H,3-4,9-12H2,1-2H3. The largest absolute Gasteiger partial charge is 0.343 e. The Kier molecular flexibility index (Phi) is 6.24. The summed E-state index contributed by atoms with van der Waals surface area (Å²) >= 11 is 3.62. The van der Waals surface area contributed by atoms with Gasteiger partial charge in [0.15, 0.2) is 0 Å². The fraction of sp³-hybridized carbons (Fsp3) is 0.588. The van der Waals surface area contributed by atoms with E-state index < -0.39 is 0 Å². The van der Waals surface area contributed by atoms with Crippen molar-refractivity contribution in [3.8, 4) is 0 Å². The highest BCUT2D eigenvalue weighted by atomic mass is 79.9. The fourth-order valence-electron chi connectivity index (χ4n) is 2.96. The molecule has 1 aromatic carbocycles. The van der Waals surface area contributed by atoms with Crippen LogP contribution in [0.15, 0.2) is 28.7 Å². The number of carbonyl (C=O) groups is 1. The van der Waals surface area contributed by atoms with Gasteiger partial charge in [-0.25, -0.2) is 0 Å². The van der Waals surface area contributed by atoms with Gasteiger partial charge < -0.3 is 10.2 Å². The van der Waals surface area contributed by atoms with E-state index in [0.717, 1.165) is 19.6 Å². The number of nitrogens with zero attached hydrogens (tertiary/aromatic N) is 1. The first-order chi connectivity index (χ1) is 10.2. The van der Waals surface area contributed by atoms with Crippen LogP contribution in [0, 0.1) is 0 Å². The Morgan fingerprint density at radius 3 is 2.57 bits per heavy atom. The topological polar surface area (TPSA) is 32.3 Å². The molecular formula is C17H25BrN2O. The van der Waals surface area contributed by atoms with Crippen LogP contribution < -0.4 is 5.32 Å². The van der Waals surface area contributed by atoms with E-state index in [-0.39, 0.29) is 5.91 Å². The average molecular weight is 353 g/mol. The van der Waals surface area contributed by atoms with Gasteiger partial charge in [-0.3, -0.25) is 4.79 Å². The Morgan fingerprint density at radius 2 is 1.95 bits per heavy atom. The normalized spacial score (nSPS) is 20.9. The number of carbonyl (C=O) groups excluding carboxylic acids is 1. The second kappa shape index (κ2) is 7.95. The summed E-state index contributed by atoms with van der Waals surface area (Å²) in [5, 5.41) is 3.51. The van der Waals surface area contributed by atoms with Crippen LogP contribution in [-0.2, 0) is 4.79 Å². The van der Waals surface area contributed by atoms with E-state index in [1.165, 1.54) is 22.9 Å². The predicted molar refractivity (Wildman–Crippen MR) is 90.5 cm³/mol. The Balaban J connectivity index is 1.67. The molecule has 0 heterocycles. The van der Waals surface area contributed by atoms with E-state index in [2.05, 4.69) is 45.5 Å². The van der Waals surface area contributed by atoms with Gasteiger partial charge >= 0.3 is 0 Å². The zero-order valence-electron chi connectivity index (χ0n) is 12.9. The lowest BCUT2D eigenvalue weighted by Crippen LogP contribution is -2.42. The third-order valence-electron chi connectivity index (χ3n) is 4.37. The first kappa shape index (κ1) is 16.5. The van der Waals surface area contributed by atoms with Gasteiger partial charge in [0.05, 0.1) is 0 Å². The van der Waals surface area contributed by atoms with E-state index >= 15 is 0 Å². The minimum Gasteiger partial charge on any atom is -0.343 e. The van der Waals surface area contributed by atoms with Crippen molar-refractivity contribution in [2.24, 2.45) is 0 Å². The molecule has 0 spiro atoms. The summed E-state index contributed by atoms with van der Waals surface area (Å²) in [4.78, 5) is 13.8. The summed E-state index contributed by atoms with van der Waals surface area (Å²) in [6, 6.07) is 9.03. The predicted octanol–water partition coefficient (Wildman–Crippen LogP) is 3.54. The minimum absolute atomic E-state index is 0.258. The second-order valence-electron chi connectivity index (χ2n) is 5.66. The molecule has 2 rings (SSSR count). The quantitative estimate of drug-likeness (QED) is 0.813. The van der Waals surface area contributed by atoms with Crippen LogP contribution in [-0.4, -0.2) is 36.5 Å². The van der Waals surface area contributed by atoms with Crippen LogP contribution in [0.4, 0.5) is 0 Å². The molecule has 1 aliphatic carbocycles. The van der Waals surface area contributed by atoms with Gasteiger partial charge in [0, 0.05) is 36.6 Å². The molecule has 0 saturated heterocycles. The molecule has 0 unspecified atom stereocenters. The molecule has 0 bridgehead atoms. The van der Waals surface area contributed by atoms with Crippen molar-refractivity contribution in [3.05, 3.63) is 34.3 Å². The van der Waals surface area contributed by atoms with Crippen molar-refractivity contribution < 1.29 is 4.79 Å². The summed E-state index contributed by atoms with van der Waals surface area (Å²) in [7, 11) is 0. The van der Waals surface area contributed by atoms with Crippen molar-refractivity contribution in [3.63, 3.8) is 0 Å². The van der Waals surface area contributed by atoms with Crippen molar-refractivity contribution in [2.75, 3.05) is 19.6 Å². The molecule has 0 radical (unpaired) electrons. The van der Waals surface area contributed by atoms with Gasteiger partial charge in [-0.05, 0) is 44.2 Å². The molecule has 1 saturated carbocycles. The zero-order chi connectivity index (χ0) is 15.2. The number of halogens is 1. The molecule has 0 atom stereocenters. The summed E-state index contributed by atoms with van der Waals surface area (Å²) in [6.07, 6.45) is 2.95. The maximum atomic E-state index is 11.9. The highest BCUT2D eigenvalue weighted by molar-refractivity contribution is 9.10. The molecule has 1 aromatic rings. The molecule has 1 N–H and O–H groups in total. The maximum Gasteiger partial charge on any atom is 0.223 e. The van der Waals surface area contributed by atoms with Crippen molar-refractivity contribution in [1.29, 1.82) is 0 Å². The van der Waals surface area contributed by atoms with Crippen LogP contribution in [0.3, 0.4) is 0 Å². The average Bonchev–Trinajstić information content (AvgIpc) is 2.44. The molecule has 3 nitrogen and oxygen atoms in total. The molecule has 1 fully saturated rings. The zero-order valence-corrected chi connectivity index (χ0v) is 14.5. The molecular weight excluding hydrogens is 328 g/mol. The van der Waals surface area contributed by atoms with E-state index in [1.807, 2.05) is 18.7 Å². The van der Waals surface area contributed by atoms with Crippen molar-refractivity contribution in [2.45, 2.75) is 45.1 Å². The lowest BCUT2D eigenvalue weighted by Gasteiger charge is -2.37. The van der Waals surface area contributed by atoms with Crippen LogP contribution in [0.5, 0.6) is 0 Å². The number of hydrogen-bond acceptors (Lipinski definition) is 2. The Bertz CT molecular complexity index is 468. The van der Waals surface area contributed by atoms with Crippen LogP contribution in [0.25, 0.3) is 0 Å². The number of rotatable bonds is 7. The Hall–Kier alpha value is -0.870. The van der Waals surface area contributed by atoms with Gasteiger partial charge in [0.1, 0.15) is 0 Å². The number of amides is 1. The van der Waals surface area contributed by atoms with Gasteiger partial charge in [-0.2, -0.15) is 0 Å². The Morgan fingerprint density at radius 1 is 1.29 bits per heavy atom. The van der Waals surface area contributed by atoms with Crippen molar-refractivity contribution in [1.82, 2.24) is 10.2 Å². The van der Waals surface area contributed by atoms with E-state index in [9.17, 15) is 4.79 Å². The molecule has 1 amide bonds. The monoisotopic (exact) mass is 352 g/mol. The van der Waals surface area contributed by atoms with Crippen molar-refractivity contribution >= 4 is 21.8 Å². The van der Waals surface area contributed by atoms with E-state index in [1.54, 1.807) is 0 Å². The highest BCUT2D eigenvalue weighted by Crippen LogP contribution is 2.39. The Labute approximate surface area is 136 Å². The smallest absolute Gasteiger partial charge is 0.223 e. The molecule has 0 aromatic heterocycles. The number of nitrogens with one attached hydrogen (secondary N) is 1. The van der Waals surface area contributed by atoms with E-state index in [0.29, 0.717) is 18.4 Å². The molecule has 21 heavy (non-hydrogen) atoms. The molecule has 4 heteroatoms. The maximum absolute atomic E-state index is 11.9. The molecule has 1 aliphatic rings. The summed E-state index contributed by atoms with van der Waals surface area (Å²) in [5.41, 5.74) is 1.41. The lowest BCUT2D eigenvalue weighted by molar-refractivity contribution is -0.130. The van der Waals surface area contributed by atoms with Crippen LogP contribution in [0.2, 0.25) is 0 Å². The van der Waals surface area contributed by atoms with E-state index in [4.69, 9.17) is 0 Å². The summed E-state index contributed by atoms with van der Waals surface area (Å²) in [6.45, 7) is 6.47. The fourth-order valence-corrected chi connectivity index (χ4v) is 3.57. The number of benzene rings is 1. The summed E-state index contributed by atoms with van der Waals surface area (Å²) < 4.78 is 1.21.